The Morgan fingerprint density at radius 2 is 2.00 bits per heavy atom. The highest BCUT2D eigenvalue weighted by atomic mass is 79.9. The van der Waals surface area contributed by atoms with Crippen LogP contribution < -0.4 is 15.4 Å². The summed E-state index contributed by atoms with van der Waals surface area (Å²) in [6.45, 7) is 1.80. The van der Waals surface area contributed by atoms with Crippen LogP contribution in [0.4, 0.5) is 5.69 Å². The van der Waals surface area contributed by atoms with Gasteiger partial charge in [-0.1, -0.05) is 15.9 Å². The molecule has 2 aromatic carbocycles. The van der Waals surface area contributed by atoms with Crippen molar-refractivity contribution in [2.24, 2.45) is 0 Å². The summed E-state index contributed by atoms with van der Waals surface area (Å²) in [7, 11) is 1.50. The molecule has 150 valence electrons. The summed E-state index contributed by atoms with van der Waals surface area (Å²) in [6.07, 6.45) is 0. The van der Waals surface area contributed by atoms with Gasteiger partial charge in [0, 0.05) is 15.7 Å². The fraction of sp³-hybridized carbons (Fsp3) is 0.143. The van der Waals surface area contributed by atoms with Crippen LogP contribution in [0.3, 0.4) is 0 Å². The molecule has 0 unspecified atom stereocenters. The van der Waals surface area contributed by atoms with Gasteiger partial charge in [-0.05, 0) is 73.2 Å². The minimum Gasteiger partial charge on any atom is -0.496 e. The minimum atomic E-state index is -0.374. The summed E-state index contributed by atoms with van der Waals surface area (Å²) in [5, 5.41) is 15.0. The number of aliphatic hydroxyl groups excluding tert-OH is 1. The van der Waals surface area contributed by atoms with E-state index in [1.165, 1.54) is 7.11 Å². The topological polar surface area (TPSA) is 83.7 Å². The van der Waals surface area contributed by atoms with Crippen LogP contribution in [0.1, 0.15) is 21.7 Å². The molecule has 0 aliphatic rings. The van der Waals surface area contributed by atoms with Crippen LogP contribution in [0.15, 0.2) is 57.4 Å². The standard InChI is InChI=1S/C21H19BrN2O4S/c1-12-9-14(4-6-16(12)19-8-5-15(11-25)28-19)23-21(29)24-20(26)17-10-13(22)3-7-18(17)27-2/h3-10,25H,11H2,1-2H3,(H2,23,24,26,29). The van der Waals surface area contributed by atoms with Crippen molar-refractivity contribution in [2.45, 2.75) is 13.5 Å². The number of nitrogens with one attached hydrogen (secondary N) is 2. The predicted octanol–water partition coefficient (Wildman–Crippen LogP) is 4.65. The number of carbonyl (C=O) groups excluding carboxylic acids is 1. The summed E-state index contributed by atoms with van der Waals surface area (Å²) < 4.78 is 11.6. The molecule has 0 fully saturated rings. The first kappa shape index (κ1) is 21.0. The van der Waals surface area contributed by atoms with E-state index in [9.17, 15) is 4.79 Å². The van der Waals surface area contributed by atoms with E-state index in [1.807, 2.05) is 31.2 Å². The molecular formula is C21H19BrN2O4S. The van der Waals surface area contributed by atoms with Crippen LogP contribution in [0, 0.1) is 6.92 Å². The van der Waals surface area contributed by atoms with Crippen molar-refractivity contribution in [2.75, 3.05) is 12.4 Å². The van der Waals surface area contributed by atoms with Gasteiger partial charge in [0.15, 0.2) is 5.11 Å². The highest BCUT2D eigenvalue weighted by Gasteiger charge is 2.15. The average molecular weight is 475 g/mol. The summed E-state index contributed by atoms with van der Waals surface area (Å²) >= 11 is 8.62. The van der Waals surface area contributed by atoms with E-state index in [0.29, 0.717) is 22.8 Å². The highest BCUT2D eigenvalue weighted by molar-refractivity contribution is 9.10. The number of benzene rings is 2. The number of thiocarbonyl (C=S) groups is 1. The Kier molecular flexibility index (Phi) is 6.68. The Hall–Kier alpha value is -2.68. The lowest BCUT2D eigenvalue weighted by atomic mass is 10.1. The minimum absolute atomic E-state index is 0.143. The Morgan fingerprint density at radius 1 is 1.21 bits per heavy atom. The zero-order chi connectivity index (χ0) is 21.0. The van der Waals surface area contributed by atoms with E-state index in [2.05, 4.69) is 26.6 Å². The third-order valence-electron chi connectivity index (χ3n) is 4.20. The molecule has 1 heterocycles. The van der Waals surface area contributed by atoms with Gasteiger partial charge in [0.25, 0.3) is 5.91 Å². The molecule has 0 aliphatic heterocycles. The zero-order valence-corrected chi connectivity index (χ0v) is 18.2. The Labute approximate surface area is 182 Å². The van der Waals surface area contributed by atoms with E-state index in [4.69, 9.17) is 26.5 Å². The zero-order valence-electron chi connectivity index (χ0n) is 15.8. The number of rotatable bonds is 5. The molecule has 0 radical (unpaired) electrons. The van der Waals surface area contributed by atoms with Crippen molar-refractivity contribution in [1.82, 2.24) is 5.32 Å². The van der Waals surface area contributed by atoms with Crippen molar-refractivity contribution in [3.8, 4) is 17.1 Å². The first-order valence-electron chi connectivity index (χ1n) is 8.67. The molecule has 0 atom stereocenters. The maximum absolute atomic E-state index is 12.5. The summed E-state index contributed by atoms with van der Waals surface area (Å²) in [4.78, 5) is 12.5. The number of carbonyl (C=O) groups is 1. The number of ether oxygens (including phenoxy) is 1. The normalized spacial score (nSPS) is 10.5. The van der Waals surface area contributed by atoms with Gasteiger partial charge in [-0.2, -0.15) is 0 Å². The van der Waals surface area contributed by atoms with Gasteiger partial charge >= 0.3 is 0 Å². The van der Waals surface area contributed by atoms with Crippen molar-refractivity contribution in [3.05, 3.63) is 69.9 Å². The van der Waals surface area contributed by atoms with E-state index in [1.54, 1.807) is 24.3 Å². The Morgan fingerprint density at radius 3 is 2.66 bits per heavy atom. The van der Waals surface area contributed by atoms with Crippen LogP contribution in [0.2, 0.25) is 0 Å². The number of furan rings is 1. The van der Waals surface area contributed by atoms with E-state index >= 15 is 0 Å². The van der Waals surface area contributed by atoms with Crippen molar-refractivity contribution < 1.29 is 19.1 Å². The number of methoxy groups -OCH3 is 1. The number of halogens is 1. The molecule has 1 amide bonds. The molecule has 6 nitrogen and oxygen atoms in total. The van der Waals surface area contributed by atoms with Crippen LogP contribution >= 0.6 is 28.1 Å². The molecule has 0 saturated heterocycles. The molecular weight excluding hydrogens is 456 g/mol. The number of aryl methyl sites for hydroxylation is 1. The summed E-state index contributed by atoms with van der Waals surface area (Å²) in [5.41, 5.74) is 2.96. The Bertz CT molecular complexity index is 1060. The second kappa shape index (κ2) is 9.21. The van der Waals surface area contributed by atoms with Crippen molar-refractivity contribution >= 4 is 44.9 Å². The number of anilines is 1. The molecule has 0 bridgehead atoms. The molecule has 3 rings (SSSR count). The van der Waals surface area contributed by atoms with Gasteiger partial charge in [0.2, 0.25) is 0 Å². The summed E-state index contributed by atoms with van der Waals surface area (Å²) in [5.74, 6) is 1.26. The smallest absolute Gasteiger partial charge is 0.261 e. The molecule has 3 N–H and O–H groups in total. The van der Waals surface area contributed by atoms with Gasteiger partial charge in [-0.25, -0.2) is 0 Å². The first-order valence-corrected chi connectivity index (χ1v) is 9.88. The summed E-state index contributed by atoms with van der Waals surface area (Å²) in [6, 6.07) is 14.3. The lowest BCUT2D eigenvalue weighted by Crippen LogP contribution is -2.34. The lowest BCUT2D eigenvalue weighted by molar-refractivity contribution is 0.0974. The molecule has 29 heavy (non-hydrogen) atoms. The second-order valence-electron chi connectivity index (χ2n) is 6.21. The van der Waals surface area contributed by atoms with Crippen LogP contribution in [0.5, 0.6) is 5.75 Å². The molecule has 1 aromatic heterocycles. The first-order chi connectivity index (χ1) is 13.9. The third kappa shape index (κ3) is 5.03. The average Bonchev–Trinajstić information content (AvgIpc) is 3.16. The lowest BCUT2D eigenvalue weighted by Gasteiger charge is -2.13. The monoisotopic (exact) mass is 474 g/mol. The fourth-order valence-electron chi connectivity index (χ4n) is 2.82. The third-order valence-corrected chi connectivity index (χ3v) is 4.90. The maximum Gasteiger partial charge on any atom is 0.261 e. The Balaban J connectivity index is 1.70. The van der Waals surface area contributed by atoms with E-state index < -0.39 is 0 Å². The molecule has 0 saturated carbocycles. The SMILES string of the molecule is COc1ccc(Br)cc1C(=O)NC(=S)Nc1ccc(-c2ccc(CO)o2)c(C)c1. The molecule has 3 aromatic rings. The van der Waals surface area contributed by atoms with Gasteiger partial charge in [0.1, 0.15) is 23.9 Å². The van der Waals surface area contributed by atoms with Crippen LogP contribution in [-0.4, -0.2) is 23.2 Å². The number of amides is 1. The van der Waals surface area contributed by atoms with E-state index in [-0.39, 0.29) is 17.6 Å². The van der Waals surface area contributed by atoms with Crippen molar-refractivity contribution in [3.63, 3.8) is 0 Å². The number of hydrogen-bond donors (Lipinski definition) is 3. The molecule has 0 aliphatic carbocycles. The fourth-order valence-corrected chi connectivity index (χ4v) is 3.39. The largest absolute Gasteiger partial charge is 0.496 e. The highest BCUT2D eigenvalue weighted by Crippen LogP contribution is 2.28. The molecule has 0 spiro atoms. The van der Waals surface area contributed by atoms with Crippen LogP contribution in [0.25, 0.3) is 11.3 Å². The predicted molar refractivity (Wildman–Crippen MR) is 119 cm³/mol. The number of hydrogen-bond acceptors (Lipinski definition) is 5. The number of aliphatic hydroxyl groups is 1. The van der Waals surface area contributed by atoms with Crippen LogP contribution in [-0.2, 0) is 6.61 Å². The van der Waals surface area contributed by atoms with Gasteiger partial charge in [-0.15, -0.1) is 0 Å². The maximum atomic E-state index is 12.5. The van der Waals surface area contributed by atoms with E-state index in [0.717, 1.165) is 21.3 Å². The van der Waals surface area contributed by atoms with Gasteiger partial charge in [-0.3, -0.25) is 10.1 Å². The van der Waals surface area contributed by atoms with Gasteiger partial charge in [0.05, 0.1) is 12.7 Å². The second-order valence-corrected chi connectivity index (χ2v) is 7.53. The molecule has 8 heteroatoms. The van der Waals surface area contributed by atoms with Gasteiger partial charge < -0.3 is 19.6 Å². The van der Waals surface area contributed by atoms with Crippen molar-refractivity contribution in [1.29, 1.82) is 0 Å². The quantitative estimate of drug-likeness (QED) is 0.467.